The summed E-state index contributed by atoms with van der Waals surface area (Å²) in [5, 5.41) is 4.19. The van der Waals surface area contributed by atoms with E-state index in [0.717, 1.165) is 43.4 Å². The van der Waals surface area contributed by atoms with Crippen molar-refractivity contribution >= 4 is 11.8 Å². The zero-order valence-corrected chi connectivity index (χ0v) is 21.8. The molecule has 196 valence electrons. The van der Waals surface area contributed by atoms with Crippen molar-refractivity contribution in [3.8, 4) is 5.75 Å². The highest BCUT2D eigenvalue weighted by Gasteiger charge is 2.46. The summed E-state index contributed by atoms with van der Waals surface area (Å²) in [5.74, 6) is 0.978. The SMILES string of the molecule is CCCCN1CCOc2ccccc2CCCCC2(CN(C(=O)CCc3cnn(C)c3)CCO2)C1=O. The number of hydrogen-bond donors (Lipinski definition) is 0. The van der Waals surface area contributed by atoms with Gasteiger partial charge in [0.05, 0.1) is 25.9 Å². The van der Waals surface area contributed by atoms with Gasteiger partial charge in [0.2, 0.25) is 5.91 Å². The van der Waals surface area contributed by atoms with Gasteiger partial charge < -0.3 is 19.3 Å². The fourth-order valence-electron chi connectivity index (χ4n) is 5.19. The first-order valence-corrected chi connectivity index (χ1v) is 13.4. The zero-order chi connectivity index (χ0) is 25.4. The van der Waals surface area contributed by atoms with Crippen LogP contribution in [-0.4, -0.2) is 76.4 Å². The lowest BCUT2D eigenvalue weighted by molar-refractivity contribution is -0.176. The van der Waals surface area contributed by atoms with Crippen LogP contribution < -0.4 is 4.74 Å². The van der Waals surface area contributed by atoms with E-state index in [9.17, 15) is 9.59 Å². The van der Waals surface area contributed by atoms with E-state index in [1.54, 1.807) is 10.9 Å². The number of fused-ring (bicyclic) bond motifs is 1. The van der Waals surface area contributed by atoms with Gasteiger partial charge in [0.25, 0.3) is 5.91 Å². The number of unbranched alkanes of at least 4 members (excludes halogenated alkanes) is 1. The predicted octanol–water partition coefficient (Wildman–Crippen LogP) is 3.38. The average molecular weight is 497 g/mol. The highest BCUT2D eigenvalue weighted by molar-refractivity contribution is 5.87. The van der Waals surface area contributed by atoms with Crippen molar-refractivity contribution in [3.63, 3.8) is 0 Å². The van der Waals surface area contributed by atoms with Crippen molar-refractivity contribution < 1.29 is 19.1 Å². The molecule has 4 rings (SSSR count). The number of rotatable bonds is 6. The molecule has 2 aliphatic heterocycles. The van der Waals surface area contributed by atoms with E-state index >= 15 is 0 Å². The quantitative estimate of drug-likeness (QED) is 0.613. The molecule has 8 heteroatoms. The molecule has 0 saturated carbocycles. The Morgan fingerprint density at radius 1 is 1.17 bits per heavy atom. The zero-order valence-electron chi connectivity index (χ0n) is 21.8. The normalized spacial score (nSPS) is 21.4. The fourth-order valence-corrected chi connectivity index (χ4v) is 5.19. The molecular weight excluding hydrogens is 456 g/mol. The Bertz CT molecular complexity index is 1020. The van der Waals surface area contributed by atoms with Gasteiger partial charge in [0.1, 0.15) is 12.4 Å². The molecule has 1 unspecified atom stereocenters. The molecule has 0 bridgehead atoms. The Hall–Kier alpha value is -2.87. The molecule has 1 atom stereocenters. The minimum absolute atomic E-state index is 0.00170. The van der Waals surface area contributed by atoms with Crippen molar-refractivity contribution in [2.75, 3.05) is 39.4 Å². The smallest absolute Gasteiger partial charge is 0.256 e. The minimum atomic E-state index is -0.991. The summed E-state index contributed by atoms with van der Waals surface area (Å²) in [5.41, 5.74) is 1.26. The molecule has 8 nitrogen and oxygen atoms in total. The maximum Gasteiger partial charge on any atom is 0.256 e. The molecule has 2 aliphatic rings. The predicted molar refractivity (Wildman–Crippen MR) is 138 cm³/mol. The van der Waals surface area contributed by atoms with Crippen LogP contribution in [0.2, 0.25) is 0 Å². The lowest BCUT2D eigenvalue weighted by Gasteiger charge is -2.44. The highest BCUT2D eigenvalue weighted by Crippen LogP contribution is 2.30. The Kier molecular flexibility index (Phi) is 9.02. The van der Waals surface area contributed by atoms with Crippen LogP contribution in [0.4, 0.5) is 0 Å². The third kappa shape index (κ3) is 6.46. The molecule has 0 radical (unpaired) electrons. The van der Waals surface area contributed by atoms with Gasteiger partial charge in [-0.05, 0) is 55.7 Å². The van der Waals surface area contributed by atoms with Crippen molar-refractivity contribution in [1.82, 2.24) is 19.6 Å². The van der Waals surface area contributed by atoms with Crippen molar-refractivity contribution in [2.24, 2.45) is 7.05 Å². The number of carbonyl (C=O) groups excluding carboxylic acids is 2. The summed E-state index contributed by atoms with van der Waals surface area (Å²) in [4.78, 5) is 31.0. The Labute approximate surface area is 214 Å². The van der Waals surface area contributed by atoms with Gasteiger partial charge >= 0.3 is 0 Å². The lowest BCUT2D eigenvalue weighted by Crippen LogP contribution is -2.62. The highest BCUT2D eigenvalue weighted by atomic mass is 16.5. The summed E-state index contributed by atoms with van der Waals surface area (Å²) in [6.07, 6.45) is 10.0. The Morgan fingerprint density at radius 3 is 2.83 bits per heavy atom. The number of carbonyl (C=O) groups is 2. The molecule has 0 N–H and O–H groups in total. The molecule has 0 aliphatic carbocycles. The summed E-state index contributed by atoms with van der Waals surface area (Å²) in [7, 11) is 1.88. The lowest BCUT2D eigenvalue weighted by atomic mass is 9.90. The van der Waals surface area contributed by atoms with Crippen LogP contribution >= 0.6 is 0 Å². The Morgan fingerprint density at radius 2 is 2.03 bits per heavy atom. The second kappa shape index (κ2) is 12.4. The number of aromatic nitrogens is 2. The molecule has 2 amide bonds. The second-order valence-corrected chi connectivity index (χ2v) is 9.99. The first-order valence-electron chi connectivity index (χ1n) is 13.4. The Balaban J connectivity index is 1.50. The number of aryl methyl sites for hydroxylation is 3. The maximum atomic E-state index is 14.0. The van der Waals surface area contributed by atoms with E-state index in [-0.39, 0.29) is 11.8 Å². The summed E-state index contributed by atoms with van der Waals surface area (Å²) in [6.45, 7) is 4.96. The summed E-state index contributed by atoms with van der Waals surface area (Å²) >= 11 is 0. The standard InChI is InChI=1S/C28H40N4O4/c1-3-4-15-31-16-18-35-25-11-6-5-9-24(25)10-7-8-14-28(27(31)34)22-32(17-19-36-28)26(33)13-12-23-20-29-30(2)21-23/h5-6,9,11,20-21H,3-4,7-8,10,12-19,22H2,1-2H3. The molecule has 36 heavy (non-hydrogen) atoms. The first kappa shape index (κ1) is 26.2. The van der Waals surface area contributed by atoms with Crippen molar-refractivity contribution in [2.45, 2.75) is 63.9 Å². The van der Waals surface area contributed by atoms with E-state index in [1.807, 2.05) is 41.2 Å². The number of benzene rings is 1. The van der Waals surface area contributed by atoms with E-state index in [4.69, 9.17) is 9.47 Å². The number of para-hydroxylation sites is 1. The summed E-state index contributed by atoms with van der Waals surface area (Å²) in [6, 6.07) is 8.18. The number of ether oxygens (including phenoxy) is 2. The van der Waals surface area contributed by atoms with Gasteiger partial charge in [-0.1, -0.05) is 31.5 Å². The van der Waals surface area contributed by atoms with Crippen LogP contribution in [0.3, 0.4) is 0 Å². The average Bonchev–Trinajstić information content (AvgIpc) is 3.32. The molecule has 1 fully saturated rings. The van der Waals surface area contributed by atoms with Crippen molar-refractivity contribution in [3.05, 3.63) is 47.8 Å². The van der Waals surface area contributed by atoms with Gasteiger partial charge in [-0.3, -0.25) is 14.3 Å². The molecule has 1 spiro atoms. The van der Waals surface area contributed by atoms with Crippen LogP contribution in [0, 0.1) is 0 Å². The largest absolute Gasteiger partial charge is 0.491 e. The van der Waals surface area contributed by atoms with Crippen molar-refractivity contribution in [1.29, 1.82) is 0 Å². The summed E-state index contributed by atoms with van der Waals surface area (Å²) < 4.78 is 14.2. The minimum Gasteiger partial charge on any atom is -0.491 e. The third-order valence-corrected chi connectivity index (χ3v) is 7.25. The molecule has 1 aromatic carbocycles. The van der Waals surface area contributed by atoms with E-state index in [2.05, 4.69) is 18.1 Å². The topological polar surface area (TPSA) is 76.9 Å². The first-order chi connectivity index (χ1) is 17.5. The molecule has 1 aromatic heterocycles. The number of hydrogen-bond acceptors (Lipinski definition) is 5. The molecular formula is C28H40N4O4. The fraction of sp³-hybridized carbons (Fsp3) is 0.607. The van der Waals surface area contributed by atoms with Gasteiger partial charge in [-0.25, -0.2) is 0 Å². The van der Waals surface area contributed by atoms with Crippen LogP contribution in [-0.2, 0) is 34.2 Å². The molecule has 1 saturated heterocycles. The number of amides is 2. The van der Waals surface area contributed by atoms with Crippen LogP contribution in [0.5, 0.6) is 5.75 Å². The monoisotopic (exact) mass is 496 g/mol. The number of morpholine rings is 1. The van der Waals surface area contributed by atoms with Crippen LogP contribution in [0.25, 0.3) is 0 Å². The molecule has 3 heterocycles. The van der Waals surface area contributed by atoms with E-state index in [0.29, 0.717) is 58.7 Å². The van der Waals surface area contributed by atoms with Gasteiger partial charge in [0.15, 0.2) is 5.60 Å². The van der Waals surface area contributed by atoms with Gasteiger partial charge in [0, 0.05) is 32.8 Å². The third-order valence-electron chi connectivity index (χ3n) is 7.25. The van der Waals surface area contributed by atoms with E-state index < -0.39 is 5.60 Å². The van der Waals surface area contributed by atoms with Gasteiger partial charge in [-0.15, -0.1) is 0 Å². The van der Waals surface area contributed by atoms with Crippen LogP contribution in [0.1, 0.15) is 56.6 Å². The van der Waals surface area contributed by atoms with Crippen LogP contribution in [0.15, 0.2) is 36.7 Å². The van der Waals surface area contributed by atoms with E-state index in [1.165, 1.54) is 5.56 Å². The maximum absolute atomic E-state index is 14.0. The van der Waals surface area contributed by atoms with Gasteiger partial charge in [-0.2, -0.15) is 5.10 Å². The number of nitrogens with zero attached hydrogens (tertiary/aromatic N) is 4. The second-order valence-electron chi connectivity index (χ2n) is 9.99. The molecule has 2 aromatic rings.